The summed E-state index contributed by atoms with van der Waals surface area (Å²) in [6.07, 6.45) is -1.89. The van der Waals surface area contributed by atoms with Gasteiger partial charge in [0.25, 0.3) is 0 Å². The van der Waals surface area contributed by atoms with Crippen LogP contribution >= 0.6 is 11.8 Å². The lowest BCUT2D eigenvalue weighted by Crippen LogP contribution is -2.62. The first kappa shape index (κ1) is 107. The number of primary amides is 2. The average Bonchev–Trinajstić information content (AvgIpc) is 1.60. The van der Waals surface area contributed by atoms with E-state index in [0.29, 0.717) is 39.4 Å². The van der Waals surface area contributed by atoms with E-state index in [1.807, 2.05) is 30.3 Å². The van der Waals surface area contributed by atoms with Gasteiger partial charge in [-0.05, 0) is 115 Å². The Bertz CT molecular complexity index is 5290. The summed E-state index contributed by atoms with van der Waals surface area (Å²) in [6.45, 7) is 14.5. The van der Waals surface area contributed by atoms with Crippen LogP contribution in [0.2, 0.25) is 0 Å². The van der Waals surface area contributed by atoms with Crippen LogP contribution in [0.3, 0.4) is 0 Å². The van der Waals surface area contributed by atoms with E-state index in [2.05, 4.69) is 74.1 Å². The molecule has 6 aromatic rings. The van der Waals surface area contributed by atoms with Crippen molar-refractivity contribution in [3.63, 3.8) is 0 Å². The Kier molecular flexibility index (Phi) is 40.1. The number of likely N-dealkylation sites (N-methyl/N-ethyl adjacent to an activating group) is 1. The van der Waals surface area contributed by atoms with Crippen molar-refractivity contribution in [2.75, 3.05) is 31.7 Å². The van der Waals surface area contributed by atoms with Crippen molar-refractivity contribution >= 4 is 135 Å². The van der Waals surface area contributed by atoms with Crippen LogP contribution in [0.4, 0.5) is 0 Å². The van der Waals surface area contributed by atoms with E-state index in [4.69, 9.17) is 11.5 Å². The highest BCUT2D eigenvalue weighted by molar-refractivity contribution is 8.00. The number of benzene rings is 5. The van der Waals surface area contributed by atoms with Crippen LogP contribution in [0.25, 0.3) is 22.0 Å². The summed E-state index contributed by atoms with van der Waals surface area (Å²) in [5, 5.41) is 65.1. The maximum absolute atomic E-state index is 15.5. The number of hydrogen-bond donors (Lipinski definition) is 19. The van der Waals surface area contributed by atoms with E-state index in [0.717, 1.165) is 16.0 Å². The number of aliphatic hydroxyl groups excluding tert-OH is 1. The molecule has 1 aromatic heterocycles. The highest BCUT2D eigenvalue weighted by atomic mass is 32.2. The van der Waals surface area contributed by atoms with Crippen LogP contribution in [0.5, 0.6) is 0 Å². The SMILES string of the molecule is CC(C)C[C@@H]1NC(=O)[C@H](Cc2c[nH]c3ccccc23)NC(=O)[C@H](CC(=O)O)NC(=O)[C@H](Cc2ccc(C(=O)O)cc2)NC(=O)[C@H](Cc2ccccc2)NC(=O)CSC[C@@H](C(=O)N[C@@H](C)C(N)=O)NC(=O)[C@H](CO)NC(=O)[C@H](C(C)C)NC(=O)[C@H](CC(C)C)NC(=O)[C@H](CC(N)=O)NC(=O)[C@H]2CCCN2C(=O)[C@H](C)N(C)C(=O)[C@H](C(C)C)NC(=O)[C@H](Cc2ccc(-c3ccccc3)cc2)NC1=O. The van der Waals surface area contributed by atoms with Crippen molar-refractivity contribution in [1.82, 2.24) is 83.9 Å². The minimum atomic E-state index is -2.10. The standard InChI is InChI=1S/C95H124N18O22S/c1-49(2)37-64-81(120)104-68(41-56-28-32-59(33-29-56)58-23-16-13-17-24-58)88(127)111-79(52(7)8)94(133)112(11)54(10)93(132)113-36-20-27-74(113)91(130)107-70(43-75(96)115)85(124)102-65(38-50(3)4)87(126)110-78(51(5)6)92(131)108-72(46-114)89(128)109-73(90(129)99-53(9)80(97)119)47-136-48-76(116)100-66(39-55-21-14-12-15-22-55)82(121)103-67(40-57-30-34-60(35-31-57)95(134)135)83(122)106-71(44-77(117)118)86(125)105-69(84(123)101-64)42-61-45-98-63-26-19-18-25-62(61)63/h12-19,21-26,28-35,45,49-54,64-74,78-79,98,114H,20,27,36-44,46-48H2,1-11H3,(H2,96,115)(H2,97,119)(H,99,129)(H,100,116)(H,101,123)(H,102,124)(H,103,121)(H,104,120)(H,105,125)(H,106,122)(H,107,130)(H,108,131)(H,109,128)(H,110,126)(H,111,127)(H,117,118)(H,134,135)/t53-,54-,64-,65-,66-,67-,68-,69-,70-,71-,72-,73-,74+,78-,79-/m0/s1. The van der Waals surface area contributed by atoms with Crippen molar-refractivity contribution in [3.8, 4) is 11.1 Å². The number of aromatic carboxylic acids is 1. The molecule has 41 heteroatoms. The summed E-state index contributed by atoms with van der Waals surface area (Å²) < 4.78 is 0. The molecule has 5 aromatic carbocycles. The predicted molar refractivity (Wildman–Crippen MR) is 501 cm³/mol. The van der Waals surface area contributed by atoms with Gasteiger partial charge >= 0.3 is 11.9 Å². The van der Waals surface area contributed by atoms with Crippen molar-refractivity contribution < 1.29 is 106 Å². The molecule has 21 N–H and O–H groups in total. The molecule has 3 heterocycles. The monoisotopic (exact) mass is 1900 g/mol. The lowest BCUT2D eigenvalue weighted by molar-refractivity contribution is -0.148. The second-order valence-electron chi connectivity index (χ2n) is 35.5. The number of fused-ring (bicyclic) bond motifs is 2. The van der Waals surface area contributed by atoms with E-state index in [9.17, 15) is 72.9 Å². The number of para-hydroxylation sites is 1. The molecule has 0 bridgehead atoms. The highest BCUT2D eigenvalue weighted by Crippen LogP contribution is 2.26. The van der Waals surface area contributed by atoms with Crippen LogP contribution in [-0.2, 0) is 112 Å². The average molecular weight is 1900 g/mol. The molecular weight excluding hydrogens is 1780 g/mol. The number of aliphatic carboxylic acids is 1. The fraction of sp³-hybridized carbons (Fsp3) is 0.463. The number of rotatable bonds is 24. The molecule has 732 valence electrons. The number of carbonyl (C=O) groups excluding carboxylic acids is 17. The van der Waals surface area contributed by atoms with E-state index in [1.165, 1.54) is 63.9 Å². The number of thioether (sulfide) groups is 1. The van der Waals surface area contributed by atoms with Crippen molar-refractivity contribution in [3.05, 3.63) is 167 Å². The molecule has 0 radical (unpaired) electrons. The molecule has 8 rings (SSSR count). The zero-order valence-corrected chi connectivity index (χ0v) is 78.5. The number of nitrogens with two attached hydrogens (primary N) is 2. The first-order valence-corrected chi connectivity index (χ1v) is 46.1. The molecule has 0 unspecified atom stereocenters. The van der Waals surface area contributed by atoms with Gasteiger partial charge in [0.05, 0.1) is 30.8 Å². The molecule has 0 spiro atoms. The molecule has 17 amide bonds. The number of aromatic nitrogens is 1. The summed E-state index contributed by atoms with van der Waals surface area (Å²) in [4.78, 5) is 278. The van der Waals surface area contributed by atoms with Crippen LogP contribution in [0.1, 0.15) is 140 Å². The van der Waals surface area contributed by atoms with Gasteiger partial charge in [0.15, 0.2) is 0 Å². The number of aromatic amines is 1. The van der Waals surface area contributed by atoms with Crippen LogP contribution in [-0.4, -0.2) is 265 Å². The lowest BCUT2D eigenvalue weighted by Gasteiger charge is -2.34. The Balaban J connectivity index is 1.20. The van der Waals surface area contributed by atoms with E-state index in [1.54, 1.807) is 127 Å². The molecule has 0 aliphatic carbocycles. The topological polar surface area (TPSA) is 616 Å². The van der Waals surface area contributed by atoms with Crippen molar-refractivity contribution in [1.29, 1.82) is 0 Å². The summed E-state index contributed by atoms with van der Waals surface area (Å²) >= 11 is 0.687. The fourth-order valence-electron chi connectivity index (χ4n) is 15.5. The summed E-state index contributed by atoms with van der Waals surface area (Å²) in [7, 11) is 1.30. The molecule has 2 aliphatic rings. The summed E-state index contributed by atoms with van der Waals surface area (Å²) in [5.74, 6) is -23.9. The van der Waals surface area contributed by atoms with Gasteiger partial charge in [-0.25, -0.2) is 4.79 Å². The second kappa shape index (κ2) is 50.8. The Morgan fingerprint density at radius 2 is 0.897 bits per heavy atom. The zero-order chi connectivity index (χ0) is 100. The number of hydrogen-bond acceptors (Lipinski definition) is 21. The van der Waals surface area contributed by atoms with E-state index in [-0.39, 0.29) is 68.5 Å². The first-order chi connectivity index (χ1) is 64.4. The number of nitrogens with one attached hydrogen (secondary N) is 14. The normalized spacial score (nSPS) is 23.7. The molecule has 2 fully saturated rings. The minimum absolute atomic E-state index is 0.0136. The minimum Gasteiger partial charge on any atom is -0.481 e. The third kappa shape index (κ3) is 31.5. The number of aliphatic hydroxyl groups is 1. The van der Waals surface area contributed by atoms with Gasteiger partial charge in [-0.15, -0.1) is 11.8 Å². The number of nitrogens with zero attached hydrogens (tertiary/aromatic N) is 2. The smallest absolute Gasteiger partial charge is 0.335 e. The summed E-state index contributed by atoms with van der Waals surface area (Å²) in [5.41, 5.74) is 14.8. The second-order valence-corrected chi connectivity index (χ2v) is 36.6. The van der Waals surface area contributed by atoms with Crippen LogP contribution in [0, 0.1) is 23.7 Å². The number of H-pyrrole nitrogens is 1. The molecule has 0 saturated carbocycles. The quantitative estimate of drug-likeness (QED) is 0.0377. The Morgan fingerprint density at radius 3 is 1.42 bits per heavy atom. The maximum Gasteiger partial charge on any atom is 0.335 e. The van der Waals surface area contributed by atoms with Crippen molar-refractivity contribution in [2.24, 2.45) is 35.1 Å². The first-order valence-electron chi connectivity index (χ1n) is 44.9. The molecule has 2 saturated heterocycles. The Morgan fingerprint density at radius 1 is 0.463 bits per heavy atom. The van der Waals surface area contributed by atoms with Gasteiger partial charge in [0.2, 0.25) is 100 Å². The van der Waals surface area contributed by atoms with Crippen LogP contribution < -0.4 is 80.6 Å². The summed E-state index contributed by atoms with van der Waals surface area (Å²) in [6, 6.07) is 12.0. The molecule has 136 heavy (non-hydrogen) atoms. The zero-order valence-electron chi connectivity index (χ0n) is 77.7. The maximum atomic E-state index is 15.5. The fourth-order valence-corrected chi connectivity index (χ4v) is 16.4. The van der Waals surface area contributed by atoms with Gasteiger partial charge in [0.1, 0.15) is 90.6 Å². The van der Waals surface area contributed by atoms with Gasteiger partial charge in [-0.3, -0.25) is 86.3 Å². The third-order valence-electron chi connectivity index (χ3n) is 23.2. The lowest BCUT2D eigenvalue weighted by atomic mass is 9.97. The van der Waals surface area contributed by atoms with Gasteiger partial charge < -0.3 is 111 Å². The Labute approximate surface area is 790 Å². The Hall–Kier alpha value is -14.1. The third-order valence-corrected chi connectivity index (χ3v) is 24.2. The van der Waals surface area contributed by atoms with Gasteiger partial charge in [0, 0.05) is 62.1 Å². The van der Waals surface area contributed by atoms with Gasteiger partial charge in [-0.1, -0.05) is 171 Å². The predicted octanol–water partition coefficient (Wildman–Crippen LogP) is -0.0574. The molecular formula is C95H124N18O22S. The number of carboxylic acid groups (broad SMARTS) is 2. The van der Waals surface area contributed by atoms with E-state index < -0.39 is 258 Å². The number of carboxylic acids is 2. The highest BCUT2D eigenvalue weighted by Gasteiger charge is 2.44. The molecule has 2 aliphatic heterocycles. The molecule has 15 atom stereocenters. The number of amides is 17. The van der Waals surface area contributed by atoms with Gasteiger partial charge in [-0.2, -0.15) is 0 Å². The van der Waals surface area contributed by atoms with Crippen molar-refractivity contribution in [2.45, 2.75) is 224 Å². The largest absolute Gasteiger partial charge is 0.481 e. The van der Waals surface area contributed by atoms with E-state index >= 15 is 33.6 Å². The molecule has 40 nitrogen and oxygen atoms in total. The number of carbonyl (C=O) groups is 19. The van der Waals surface area contributed by atoms with Crippen LogP contribution in [0.15, 0.2) is 140 Å².